The minimum Gasteiger partial charge on any atom is -0.346 e. The summed E-state index contributed by atoms with van der Waals surface area (Å²) < 4.78 is 29.6. The predicted molar refractivity (Wildman–Crippen MR) is 94.2 cm³/mol. The van der Waals surface area contributed by atoms with Gasteiger partial charge in [-0.25, -0.2) is 8.42 Å². The Bertz CT molecular complexity index is 851. The van der Waals surface area contributed by atoms with Crippen LogP contribution >= 0.6 is 0 Å². The van der Waals surface area contributed by atoms with Crippen LogP contribution in [0.15, 0.2) is 39.8 Å². The van der Waals surface area contributed by atoms with E-state index in [0.29, 0.717) is 12.6 Å². The summed E-state index contributed by atoms with van der Waals surface area (Å²) in [5, 5.41) is 6.41. The molecule has 1 aliphatic rings. The molecule has 1 saturated heterocycles. The fourth-order valence-corrected chi connectivity index (χ4v) is 4.31. The zero-order chi connectivity index (χ0) is 18.6. The largest absolute Gasteiger partial charge is 0.346 e. The molecular formula is C17H22N4O4S. The summed E-state index contributed by atoms with van der Waals surface area (Å²) in [6.07, 6.45) is 2.16. The van der Waals surface area contributed by atoms with E-state index in [1.54, 1.807) is 18.2 Å². The standard InChI is InChI=1S/C17H22N4O4S/c1-2-21-10-6-7-13(21)11-18-16(22)17-19-15(20-25-17)12-26(23,24)14-8-4-3-5-9-14/h3-5,8-9,13H,2,6-7,10-12H2,1H3,(H,18,22). The number of carbonyl (C=O) groups excluding carboxylic acids is 1. The average Bonchev–Trinajstić information content (AvgIpc) is 3.29. The molecule has 1 unspecified atom stereocenters. The Balaban J connectivity index is 1.60. The molecular weight excluding hydrogens is 356 g/mol. The van der Waals surface area contributed by atoms with E-state index in [2.05, 4.69) is 27.3 Å². The van der Waals surface area contributed by atoms with E-state index in [1.165, 1.54) is 12.1 Å². The highest BCUT2D eigenvalue weighted by molar-refractivity contribution is 7.90. The van der Waals surface area contributed by atoms with Crippen molar-refractivity contribution < 1.29 is 17.7 Å². The molecule has 0 saturated carbocycles. The molecule has 1 aromatic heterocycles. The van der Waals surface area contributed by atoms with Gasteiger partial charge in [-0.2, -0.15) is 4.98 Å². The minimum atomic E-state index is -3.59. The van der Waals surface area contributed by atoms with Crippen LogP contribution in [0.4, 0.5) is 0 Å². The van der Waals surface area contributed by atoms with Gasteiger partial charge in [0.2, 0.25) is 0 Å². The molecule has 3 rings (SSSR count). The summed E-state index contributed by atoms with van der Waals surface area (Å²) in [4.78, 5) is 18.6. The summed E-state index contributed by atoms with van der Waals surface area (Å²) in [6, 6.07) is 8.34. The molecule has 0 bridgehead atoms. The van der Waals surface area contributed by atoms with Crippen molar-refractivity contribution in [1.29, 1.82) is 0 Å². The van der Waals surface area contributed by atoms with Crippen LogP contribution in [0.3, 0.4) is 0 Å². The summed E-state index contributed by atoms with van der Waals surface area (Å²) in [7, 11) is -3.59. The van der Waals surface area contributed by atoms with Gasteiger partial charge in [-0.3, -0.25) is 9.69 Å². The maximum atomic E-state index is 12.3. The van der Waals surface area contributed by atoms with Crippen molar-refractivity contribution in [3.63, 3.8) is 0 Å². The molecule has 0 spiro atoms. The number of likely N-dealkylation sites (tertiary alicyclic amines) is 1. The van der Waals surface area contributed by atoms with Gasteiger partial charge in [-0.1, -0.05) is 30.3 Å². The van der Waals surface area contributed by atoms with Gasteiger partial charge in [0, 0.05) is 12.6 Å². The zero-order valence-corrected chi connectivity index (χ0v) is 15.4. The van der Waals surface area contributed by atoms with E-state index in [-0.39, 0.29) is 16.6 Å². The van der Waals surface area contributed by atoms with E-state index in [9.17, 15) is 13.2 Å². The highest BCUT2D eigenvalue weighted by atomic mass is 32.2. The summed E-state index contributed by atoms with van der Waals surface area (Å²) in [5.41, 5.74) is 0. The third-order valence-corrected chi connectivity index (χ3v) is 6.12. The fraction of sp³-hybridized carbons (Fsp3) is 0.471. The lowest BCUT2D eigenvalue weighted by atomic mass is 10.2. The molecule has 8 nitrogen and oxygen atoms in total. The molecule has 1 aliphatic heterocycles. The maximum absolute atomic E-state index is 12.3. The minimum absolute atomic E-state index is 0.0324. The number of nitrogens with zero attached hydrogens (tertiary/aromatic N) is 3. The first kappa shape index (κ1) is 18.5. The van der Waals surface area contributed by atoms with Gasteiger partial charge >= 0.3 is 11.8 Å². The van der Waals surface area contributed by atoms with Crippen molar-refractivity contribution in [2.45, 2.75) is 36.5 Å². The Hall–Kier alpha value is -2.26. The predicted octanol–water partition coefficient (Wildman–Crippen LogP) is 1.26. The van der Waals surface area contributed by atoms with Gasteiger partial charge in [0.1, 0.15) is 5.75 Å². The Kier molecular flexibility index (Phi) is 5.67. The van der Waals surface area contributed by atoms with Crippen molar-refractivity contribution in [3.8, 4) is 0 Å². The zero-order valence-electron chi connectivity index (χ0n) is 14.6. The van der Waals surface area contributed by atoms with Gasteiger partial charge < -0.3 is 9.84 Å². The van der Waals surface area contributed by atoms with Crippen LogP contribution in [0.25, 0.3) is 0 Å². The SMILES string of the molecule is CCN1CCCC1CNC(=O)c1nc(CS(=O)(=O)c2ccccc2)no1. The lowest BCUT2D eigenvalue weighted by Crippen LogP contribution is -2.40. The van der Waals surface area contributed by atoms with Crippen LogP contribution in [0, 0.1) is 0 Å². The molecule has 1 atom stereocenters. The Morgan fingerprint density at radius 1 is 1.35 bits per heavy atom. The molecule has 0 aliphatic carbocycles. The van der Waals surface area contributed by atoms with Gasteiger partial charge in [-0.15, -0.1) is 0 Å². The van der Waals surface area contributed by atoms with Crippen molar-refractivity contribution in [2.24, 2.45) is 0 Å². The van der Waals surface area contributed by atoms with Gasteiger partial charge in [0.05, 0.1) is 4.90 Å². The van der Waals surface area contributed by atoms with E-state index in [4.69, 9.17) is 4.52 Å². The number of nitrogens with one attached hydrogen (secondary N) is 1. The molecule has 1 amide bonds. The molecule has 1 aromatic carbocycles. The number of sulfone groups is 1. The van der Waals surface area contributed by atoms with Gasteiger partial charge in [0.25, 0.3) is 0 Å². The van der Waals surface area contributed by atoms with Crippen LogP contribution in [0.5, 0.6) is 0 Å². The molecule has 2 aromatic rings. The Morgan fingerprint density at radius 3 is 2.85 bits per heavy atom. The highest BCUT2D eigenvalue weighted by Gasteiger charge is 2.25. The molecule has 140 valence electrons. The summed E-state index contributed by atoms with van der Waals surface area (Å²) in [6.45, 7) is 4.59. The Labute approximate surface area is 152 Å². The number of carbonyl (C=O) groups is 1. The van der Waals surface area contributed by atoms with Crippen molar-refractivity contribution >= 4 is 15.7 Å². The maximum Gasteiger partial charge on any atom is 0.315 e. The quantitative estimate of drug-likeness (QED) is 0.773. The second-order valence-electron chi connectivity index (χ2n) is 6.22. The normalized spacial score (nSPS) is 18.1. The summed E-state index contributed by atoms with van der Waals surface area (Å²) >= 11 is 0. The van der Waals surface area contributed by atoms with Crippen LogP contribution in [0.2, 0.25) is 0 Å². The van der Waals surface area contributed by atoms with Crippen LogP contribution < -0.4 is 5.32 Å². The molecule has 26 heavy (non-hydrogen) atoms. The first-order chi connectivity index (χ1) is 12.5. The number of hydrogen-bond donors (Lipinski definition) is 1. The lowest BCUT2D eigenvalue weighted by molar-refractivity contribution is 0.0897. The molecule has 0 radical (unpaired) electrons. The van der Waals surface area contributed by atoms with Crippen molar-refractivity contribution in [3.05, 3.63) is 42.0 Å². The monoisotopic (exact) mass is 378 g/mol. The van der Waals surface area contributed by atoms with E-state index in [0.717, 1.165) is 25.9 Å². The van der Waals surface area contributed by atoms with Crippen molar-refractivity contribution in [1.82, 2.24) is 20.4 Å². The fourth-order valence-electron chi connectivity index (χ4n) is 3.11. The summed E-state index contributed by atoms with van der Waals surface area (Å²) in [5.74, 6) is -1.15. The molecule has 9 heteroatoms. The number of rotatable bonds is 7. The molecule has 1 fully saturated rings. The van der Waals surface area contributed by atoms with Gasteiger partial charge in [-0.05, 0) is 38.1 Å². The number of likely N-dealkylation sites (N-methyl/N-ethyl adjacent to an activating group) is 1. The third-order valence-electron chi connectivity index (χ3n) is 4.49. The third kappa shape index (κ3) is 4.28. The highest BCUT2D eigenvalue weighted by Crippen LogP contribution is 2.16. The smallest absolute Gasteiger partial charge is 0.315 e. The first-order valence-electron chi connectivity index (χ1n) is 8.62. The molecule has 2 heterocycles. The van der Waals surface area contributed by atoms with Crippen molar-refractivity contribution in [2.75, 3.05) is 19.6 Å². The van der Waals surface area contributed by atoms with Crippen LogP contribution in [0.1, 0.15) is 36.3 Å². The van der Waals surface area contributed by atoms with Crippen LogP contribution in [-0.4, -0.2) is 55.0 Å². The number of aromatic nitrogens is 2. The van der Waals surface area contributed by atoms with E-state index >= 15 is 0 Å². The number of benzene rings is 1. The van der Waals surface area contributed by atoms with Crippen LogP contribution in [-0.2, 0) is 15.6 Å². The van der Waals surface area contributed by atoms with E-state index < -0.39 is 21.5 Å². The second kappa shape index (κ2) is 7.96. The van der Waals surface area contributed by atoms with E-state index in [1.807, 2.05) is 0 Å². The molecule has 1 N–H and O–H groups in total. The second-order valence-corrected chi connectivity index (χ2v) is 8.21. The Morgan fingerprint density at radius 2 is 2.12 bits per heavy atom. The first-order valence-corrected chi connectivity index (χ1v) is 10.3. The van der Waals surface area contributed by atoms with Gasteiger partial charge in [0.15, 0.2) is 15.7 Å². The number of hydrogen-bond acceptors (Lipinski definition) is 7. The number of amides is 1. The average molecular weight is 378 g/mol. The lowest BCUT2D eigenvalue weighted by Gasteiger charge is -2.22. The topological polar surface area (TPSA) is 105 Å².